The summed E-state index contributed by atoms with van der Waals surface area (Å²) in [7, 11) is 3.36. The van der Waals surface area contributed by atoms with Crippen molar-refractivity contribution in [1.29, 1.82) is 0 Å². The number of amides is 1. The molecule has 1 N–H and O–H groups in total. The first kappa shape index (κ1) is 17.3. The van der Waals surface area contributed by atoms with Crippen LogP contribution in [0.1, 0.15) is 28.8 Å². The Morgan fingerprint density at radius 2 is 2.08 bits per heavy atom. The van der Waals surface area contributed by atoms with E-state index in [0.717, 1.165) is 43.9 Å². The Hall–Kier alpha value is -2.56. The van der Waals surface area contributed by atoms with Gasteiger partial charge in [-0.05, 0) is 55.0 Å². The van der Waals surface area contributed by atoms with E-state index in [2.05, 4.69) is 27.3 Å². The van der Waals surface area contributed by atoms with E-state index in [0.29, 0.717) is 11.5 Å². The molecule has 1 aliphatic rings. The minimum absolute atomic E-state index is 0.0818. The summed E-state index contributed by atoms with van der Waals surface area (Å²) in [5.74, 6) is 2.28. The van der Waals surface area contributed by atoms with Crippen molar-refractivity contribution < 1.29 is 9.53 Å². The average Bonchev–Trinajstić information content (AvgIpc) is 2.68. The number of ether oxygens (including phenoxy) is 1. The van der Waals surface area contributed by atoms with E-state index in [1.807, 2.05) is 24.3 Å². The SMILES string of the molecule is CNC(=O)c1cccnc1N1CCC(Cc2cccc(OC)c2)CC1. The molecular weight excluding hydrogens is 314 g/mol. The van der Waals surface area contributed by atoms with E-state index >= 15 is 0 Å². The minimum Gasteiger partial charge on any atom is -0.497 e. The largest absolute Gasteiger partial charge is 0.497 e. The van der Waals surface area contributed by atoms with Crippen molar-refractivity contribution >= 4 is 11.7 Å². The van der Waals surface area contributed by atoms with Gasteiger partial charge in [0, 0.05) is 26.3 Å². The highest BCUT2D eigenvalue weighted by Crippen LogP contribution is 2.27. The summed E-state index contributed by atoms with van der Waals surface area (Å²) < 4.78 is 5.31. The van der Waals surface area contributed by atoms with Crippen molar-refractivity contribution in [2.45, 2.75) is 19.3 Å². The highest BCUT2D eigenvalue weighted by atomic mass is 16.5. The number of carbonyl (C=O) groups excluding carboxylic acids is 1. The standard InChI is InChI=1S/C20H25N3O2/c1-21-20(24)18-7-4-10-22-19(18)23-11-8-15(9-12-23)13-16-5-3-6-17(14-16)25-2/h3-7,10,14-15H,8-9,11-13H2,1-2H3,(H,21,24). The number of piperidine rings is 1. The molecule has 5 heteroatoms. The fraction of sp³-hybridized carbons (Fsp3) is 0.400. The van der Waals surface area contributed by atoms with E-state index < -0.39 is 0 Å². The molecule has 2 aromatic rings. The predicted molar refractivity (Wildman–Crippen MR) is 99.3 cm³/mol. The van der Waals surface area contributed by atoms with Crippen LogP contribution in [0.15, 0.2) is 42.6 Å². The number of aromatic nitrogens is 1. The van der Waals surface area contributed by atoms with E-state index in [4.69, 9.17) is 4.74 Å². The Balaban J connectivity index is 1.63. The topological polar surface area (TPSA) is 54.5 Å². The van der Waals surface area contributed by atoms with Gasteiger partial charge in [-0.25, -0.2) is 4.98 Å². The van der Waals surface area contributed by atoms with Crippen molar-refractivity contribution in [2.24, 2.45) is 5.92 Å². The van der Waals surface area contributed by atoms with Crippen LogP contribution in [0.4, 0.5) is 5.82 Å². The third-order valence-electron chi connectivity index (χ3n) is 4.83. The number of nitrogens with zero attached hydrogens (tertiary/aromatic N) is 2. The van der Waals surface area contributed by atoms with E-state index in [1.165, 1.54) is 5.56 Å². The molecule has 0 saturated carbocycles. The van der Waals surface area contributed by atoms with Crippen molar-refractivity contribution in [2.75, 3.05) is 32.1 Å². The summed E-state index contributed by atoms with van der Waals surface area (Å²) in [6.07, 6.45) is 5.02. The van der Waals surface area contributed by atoms with Crippen LogP contribution < -0.4 is 15.0 Å². The number of pyridine rings is 1. The fourth-order valence-corrected chi connectivity index (χ4v) is 3.44. The van der Waals surface area contributed by atoms with Crippen LogP contribution in [-0.2, 0) is 6.42 Å². The number of methoxy groups -OCH3 is 1. The normalized spacial score (nSPS) is 15.0. The molecule has 1 fully saturated rings. The first-order valence-corrected chi connectivity index (χ1v) is 8.76. The van der Waals surface area contributed by atoms with Crippen LogP contribution >= 0.6 is 0 Å². The Morgan fingerprint density at radius 1 is 1.28 bits per heavy atom. The minimum atomic E-state index is -0.0818. The third-order valence-corrected chi connectivity index (χ3v) is 4.83. The van der Waals surface area contributed by atoms with Gasteiger partial charge in [-0.1, -0.05) is 12.1 Å². The van der Waals surface area contributed by atoms with Gasteiger partial charge >= 0.3 is 0 Å². The summed E-state index contributed by atoms with van der Waals surface area (Å²) in [5, 5.41) is 2.70. The molecule has 1 aromatic heterocycles. The lowest BCUT2D eigenvalue weighted by Crippen LogP contribution is -2.36. The number of carbonyl (C=O) groups is 1. The maximum absolute atomic E-state index is 12.1. The molecule has 0 atom stereocenters. The highest BCUT2D eigenvalue weighted by Gasteiger charge is 2.23. The molecule has 1 aliphatic heterocycles. The second-order valence-electron chi connectivity index (χ2n) is 6.44. The zero-order valence-electron chi connectivity index (χ0n) is 14.9. The monoisotopic (exact) mass is 339 g/mol. The maximum atomic E-state index is 12.1. The lowest BCUT2D eigenvalue weighted by atomic mass is 9.90. The summed E-state index contributed by atoms with van der Waals surface area (Å²) in [6.45, 7) is 1.85. The molecule has 0 radical (unpaired) electrons. The molecule has 2 heterocycles. The van der Waals surface area contributed by atoms with Gasteiger partial charge in [-0.3, -0.25) is 4.79 Å². The van der Waals surface area contributed by atoms with Crippen molar-refractivity contribution in [3.05, 3.63) is 53.7 Å². The van der Waals surface area contributed by atoms with E-state index in [9.17, 15) is 4.79 Å². The number of anilines is 1. The number of benzene rings is 1. The van der Waals surface area contributed by atoms with Gasteiger partial charge in [0.2, 0.25) is 0 Å². The van der Waals surface area contributed by atoms with Crippen LogP contribution in [-0.4, -0.2) is 38.1 Å². The van der Waals surface area contributed by atoms with Gasteiger partial charge in [0.1, 0.15) is 11.6 Å². The van der Waals surface area contributed by atoms with Crippen LogP contribution in [0, 0.1) is 5.92 Å². The van der Waals surface area contributed by atoms with Gasteiger partial charge in [-0.15, -0.1) is 0 Å². The molecule has 0 bridgehead atoms. The lowest BCUT2D eigenvalue weighted by molar-refractivity contribution is 0.0963. The number of nitrogens with one attached hydrogen (secondary N) is 1. The average molecular weight is 339 g/mol. The molecule has 0 aliphatic carbocycles. The van der Waals surface area contributed by atoms with Crippen LogP contribution in [0.5, 0.6) is 5.75 Å². The Bertz CT molecular complexity index is 724. The third kappa shape index (κ3) is 4.10. The zero-order chi connectivity index (χ0) is 17.6. The predicted octanol–water partition coefficient (Wildman–Crippen LogP) is 2.91. The van der Waals surface area contributed by atoms with Crippen molar-refractivity contribution in [3.63, 3.8) is 0 Å². The molecule has 1 aromatic carbocycles. The molecule has 5 nitrogen and oxygen atoms in total. The van der Waals surface area contributed by atoms with Gasteiger partial charge in [-0.2, -0.15) is 0 Å². The summed E-state index contributed by atoms with van der Waals surface area (Å²) in [6, 6.07) is 12.0. The van der Waals surface area contributed by atoms with E-state index in [1.54, 1.807) is 20.4 Å². The Labute approximate surface area is 149 Å². The Morgan fingerprint density at radius 3 is 2.80 bits per heavy atom. The molecule has 132 valence electrons. The van der Waals surface area contributed by atoms with Gasteiger partial charge in [0.05, 0.1) is 12.7 Å². The number of hydrogen-bond donors (Lipinski definition) is 1. The van der Waals surface area contributed by atoms with Gasteiger partial charge in [0.25, 0.3) is 5.91 Å². The maximum Gasteiger partial charge on any atom is 0.254 e. The molecule has 1 saturated heterocycles. The number of rotatable bonds is 5. The summed E-state index contributed by atoms with van der Waals surface area (Å²) >= 11 is 0. The summed E-state index contributed by atoms with van der Waals surface area (Å²) in [5.41, 5.74) is 1.97. The Kier molecular flexibility index (Phi) is 5.53. The highest BCUT2D eigenvalue weighted by molar-refractivity contribution is 5.98. The van der Waals surface area contributed by atoms with Gasteiger partial charge in [0.15, 0.2) is 0 Å². The first-order valence-electron chi connectivity index (χ1n) is 8.76. The van der Waals surface area contributed by atoms with Crippen molar-refractivity contribution in [1.82, 2.24) is 10.3 Å². The molecule has 0 unspecified atom stereocenters. The van der Waals surface area contributed by atoms with E-state index in [-0.39, 0.29) is 5.91 Å². The second-order valence-corrected chi connectivity index (χ2v) is 6.44. The van der Waals surface area contributed by atoms with Gasteiger partial charge < -0.3 is 15.0 Å². The molecule has 25 heavy (non-hydrogen) atoms. The van der Waals surface area contributed by atoms with Crippen LogP contribution in [0.25, 0.3) is 0 Å². The quantitative estimate of drug-likeness (QED) is 0.910. The lowest BCUT2D eigenvalue weighted by Gasteiger charge is -2.33. The van der Waals surface area contributed by atoms with Crippen LogP contribution in [0.2, 0.25) is 0 Å². The molecule has 3 rings (SSSR count). The molecular formula is C20H25N3O2. The zero-order valence-corrected chi connectivity index (χ0v) is 14.9. The second kappa shape index (κ2) is 8.01. The molecule has 0 spiro atoms. The fourth-order valence-electron chi connectivity index (χ4n) is 3.44. The van der Waals surface area contributed by atoms with Crippen molar-refractivity contribution in [3.8, 4) is 5.75 Å². The smallest absolute Gasteiger partial charge is 0.254 e. The van der Waals surface area contributed by atoms with Crippen LogP contribution in [0.3, 0.4) is 0 Å². The first-order chi connectivity index (χ1) is 12.2. The summed E-state index contributed by atoms with van der Waals surface area (Å²) in [4.78, 5) is 18.7. The number of hydrogen-bond acceptors (Lipinski definition) is 4. The molecule has 1 amide bonds.